The van der Waals surface area contributed by atoms with Gasteiger partial charge in [0.1, 0.15) is 0 Å². The first kappa shape index (κ1) is 101. The summed E-state index contributed by atoms with van der Waals surface area (Å²) < 4.78 is 252. The molecular formula is C90H75ClF11N11O16S8. The van der Waals surface area contributed by atoms with Crippen LogP contribution in [0, 0.1) is 6.92 Å². The summed E-state index contributed by atoms with van der Waals surface area (Å²) in [5.41, 5.74) is -8.08. The van der Waals surface area contributed by atoms with E-state index >= 15 is 0 Å². The van der Waals surface area contributed by atoms with Crippen molar-refractivity contribution in [3.63, 3.8) is 0 Å². The van der Waals surface area contributed by atoms with Gasteiger partial charge in [0.25, 0.3) is 17.5 Å². The zero-order valence-corrected chi connectivity index (χ0v) is 79.4. The zero-order chi connectivity index (χ0) is 97.8. The van der Waals surface area contributed by atoms with Crippen molar-refractivity contribution in [1.29, 1.82) is 0 Å². The SMILES string of the molecule is CSc1nc2c(c(=O)[nH]1)COC(c1cncc3ccccc13)C2.CSc1nc2c(c(=O)[nH]1)CO[C@H](c1cccc3cccc(Cl)c13)C2.CSc1nc2c(c(OS(=O)(=O)C(F)(F)F)n1)COC(c1cccc3cccc(C)c13)C2.CSc1nc2c(c(OS(=O)(=O)C(F)(F)F)n1)COC(c1cccc3ccccc13)C2.CSc1nc2c(c(OS(=O)(=O)C(F)(F)F)n1)COC(c1ccccc1C(F)F)C2. The maximum absolute atomic E-state index is 13.3. The minimum Gasteiger partial charge on any atom is -0.368 e. The number of rotatable bonds is 17. The molecule has 0 saturated carbocycles. The third-order valence-electron chi connectivity index (χ3n) is 22.2. The van der Waals surface area contributed by atoms with Crippen molar-refractivity contribution in [2.24, 2.45) is 0 Å². The Morgan fingerprint density at radius 1 is 0.372 bits per heavy atom. The van der Waals surface area contributed by atoms with Crippen LogP contribution in [-0.4, -0.2) is 128 Å². The fourth-order valence-electron chi connectivity index (χ4n) is 15.6. The van der Waals surface area contributed by atoms with Gasteiger partial charge >= 0.3 is 46.9 Å². The smallest absolute Gasteiger partial charge is 0.368 e. The Labute approximate surface area is 800 Å². The van der Waals surface area contributed by atoms with Gasteiger partial charge in [-0.3, -0.25) is 14.6 Å². The minimum atomic E-state index is -5.95. The van der Waals surface area contributed by atoms with Crippen LogP contribution >= 0.6 is 70.4 Å². The molecule has 5 atom stereocenters. The van der Waals surface area contributed by atoms with Gasteiger partial charge in [-0.15, -0.1) is 0 Å². The first-order valence-electron chi connectivity index (χ1n) is 40.8. The monoisotopic (exact) mass is 2070 g/mol. The molecule has 0 fully saturated rings. The third-order valence-corrected chi connectivity index (χ3v) is 28.1. The van der Waals surface area contributed by atoms with Crippen LogP contribution in [0.3, 0.4) is 0 Å². The second-order valence-electron chi connectivity index (χ2n) is 30.4. The van der Waals surface area contributed by atoms with Gasteiger partial charge in [-0.25, -0.2) is 33.7 Å². The van der Waals surface area contributed by atoms with E-state index in [0.29, 0.717) is 50.7 Å². The molecule has 4 unspecified atom stereocenters. The number of hydrogen-bond donors (Lipinski definition) is 2. The fourth-order valence-corrected chi connectivity index (χ4v) is 19.2. The summed E-state index contributed by atoms with van der Waals surface area (Å²) in [6.07, 6.45) is 9.15. The van der Waals surface area contributed by atoms with Crippen LogP contribution < -0.4 is 23.7 Å². The number of benzene rings is 8. The Bertz CT molecular complexity index is 7410. The number of aryl methyl sites for hydroxylation is 1. The molecule has 0 radical (unpaired) electrons. The number of halogens is 12. The van der Waals surface area contributed by atoms with Crippen molar-refractivity contribution in [1.82, 2.24) is 54.8 Å². The number of H-pyrrole nitrogens is 2. The van der Waals surface area contributed by atoms with Crippen LogP contribution in [0.1, 0.15) is 132 Å². The van der Waals surface area contributed by atoms with Crippen LogP contribution in [0.15, 0.2) is 212 Å². The summed E-state index contributed by atoms with van der Waals surface area (Å²) in [6.45, 7) is 1.76. The average Bonchev–Trinajstić information content (AvgIpc) is 0.798. The second kappa shape index (κ2) is 42.1. The van der Waals surface area contributed by atoms with E-state index in [9.17, 15) is 83.1 Å². The Balaban J connectivity index is 0.000000131. The summed E-state index contributed by atoms with van der Waals surface area (Å²) in [5, 5.41) is 10.6. The Hall–Kier alpha value is -10.7. The van der Waals surface area contributed by atoms with Gasteiger partial charge in [0, 0.05) is 71.4 Å². The summed E-state index contributed by atoms with van der Waals surface area (Å²) in [6, 6.07) is 51.1. The van der Waals surface area contributed by atoms with Crippen LogP contribution in [0.4, 0.5) is 48.3 Å². The molecule has 14 aromatic rings. The highest BCUT2D eigenvalue weighted by atomic mass is 35.5. The molecule has 19 rings (SSSR count). The molecule has 8 aromatic carbocycles. The first-order valence-corrected chi connectivity index (χ1v) is 51.6. The van der Waals surface area contributed by atoms with E-state index in [1.54, 1.807) is 18.6 Å². The van der Waals surface area contributed by atoms with Gasteiger partial charge in [-0.2, -0.15) is 79.7 Å². The van der Waals surface area contributed by atoms with Gasteiger partial charge in [0.05, 0.1) is 120 Å². The molecule has 5 aliphatic rings. The first-order chi connectivity index (χ1) is 65.3. The summed E-state index contributed by atoms with van der Waals surface area (Å²) in [4.78, 5) is 67.5. The van der Waals surface area contributed by atoms with E-state index in [4.69, 9.17) is 35.3 Å². The van der Waals surface area contributed by atoms with Crippen molar-refractivity contribution >= 4 is 144 Å². The molecule has 0 amide bonds. The van der Waals surface area contributed by atoms with E-state index < -0.39 is 95.9 Å². The predicted molar refractivity (Wildman–Crippen MR) is 492 cm³/mol. The number of ether oxygens (including phenoxy) is 5. The highest BCUT2D eigenvalue weighted by Crippen LogP contribution is 2.46. The molecular weight excluding hydrogens is 1990 g/mol. The van der Waals surface area contributed by atoms with E-state index in [2.05, 4.69) is 73.4 Å². The van der Waals surface area contributed by atoms with Gasteiger partial charge in [-0.1, -0.05) is 228 Å². The zero-order valence-electron chi connectivity index (χ0n) is 72.1. The van der Waals surface area contributed by atoms with Crippen LogP contribution in [0.2, 0.25) is 5.02 Å². The van der Waals surface area contributed by atoms with Crippen molar-refractivity contribution in [3.05, 3.63) is 297 Å². The Morgan fingerprint density at radius 3 is 1.13 bits per heavy atom. The lowest BCUT2D eigenvalue weighted by atomic mass is 9.93. The molecule has 6 aromatic heterocycles. The molecule has 137 heavy (non-hydrogen) atoms. The quantitative estimate of drug-likeness (QED) is 0.0281. The Kier molecular flexibility index (Phi) is 31.0. The molecule has 0 saturated heterocycles. The average molecular weight is 2070 g/mol. The number of nitrogens with one attached hydrogen (secondary N) is 2. The summed E-state index contributed by atoms with van der Waals surface area (Å²) >= 11 is 12.4. The highest BCUT2D eigenvalue weighted by Gasteiger charge is 2.52. The lowest BCUT2D eigenvalue weighted by molar-refractivity contribution is -0.0508. The van der Waals surface area contributed by atoms with Gasteiger partial charge in [0.2, 0.25) is 17.6 Å². The molecule has 2 N–H and O–H groups in total. The van der Waals surface area contributed by atoms with Gasteiger partial charge in [0.15, 0.2) is 25.8 Å². The second-order valence-corrected chi connectivity index (χ2v) is 39.4. The number of aromatic nitrogens is 11. The standard InChI is InChI=1S/C20H17F3N2O4S2.C19H15F3N2O4S2.C18H15ClN2O2S.C17H15N3O2S.C16H13F5N2O4S2/c1-11-5-3-6-12-7-4-8-13(17(11)12)16-9-15-14(10-28-16)18(25-19(24-15)30-2)29-31(26,27)20(21,22)23;1-29-18-23-15-9-16(13-8-4-6-11-5-2-3-7-12(11)13)27-10-14(15)17(24-18)28-30(25,26)19(20,21)22;1-24-18-20-14-8-15(23-9-12(14)17(22)21-18)11-6-2-4-10-5-3-7-13(19)16(10)11;1-23-17-19-14-6-15(22-9-13(14)16(21)20-17)12-8-18-7-10-4-2-3-5-11(10)12;1-28-15-22-11-6-12(8-4-2-3-5-9(8)13(17)18)26-7-10(11)14(23-15)27-29(24,25)16(19,20)21/h3-8,16H,9-10H2,1-2H3;2-8,16H,9-10H2,1H3;2-7,15H,8-9H2,1H3,(H,20,21,22);2-5,7-8,15H,6,9H2,1H3,(H,19,20,21);2-5,12-13H,6-7H2,1H3/t;;15-;;/m..0../s1. The number of fused-ring (bicyclic) bond motifs is 9. The van der Waals surface area contributed by atoms with Crippen LogP contribution in [0.5, 0.6) is 17.6 Å². The lowest BCUT2D eigenvalue weighted by Crippen LogP contribution is -2.29. The molecule has 11 heterocycles. The number of nitrogens with zero attached hydrogens (tertiary/aromatic N) is 9. The Morgan fingerprint density at radius 2 is 0.701 bits per heavy atom. The van der Waals surface area contributed by atoms with Gasteiger partial charge < -0.3 is 46.2 Å². The van der Waals surface area contributed by atoms with Crippen molar-refractivity contribution in [3.8, 4) is 17.6 Å². The normalized spacial score (nSPS) is 17.1. The van der Waals surface area contributed by atoms with Crippen molar-refractivity contribution < 1.29 is 110 Å². The third kappa shape index (κ3) is 22.4. The lowest BCUT2D eigenvalue weighted by Gasteiger charge is -2.27. The number of alkyl halides is 11. The summed E-state index contributed by atoms with van der Waals surface area (Å²) in [5.74, 6) is -2.10. The molecule has 0 bridgehead atoms. The van der Waals surface area contributed by atoms with Crippen LogP contribution in [0.25, 0.3) is 43.1 Å². The number of pyridine rings is 1. The van der Waals surface area contributed by atoms with E-state index in [1.807, 2.05) is 165 Å². The van der Waals surface area contributed by atoms with Crippen LogP contribution in [-0.2, 0) is 119 Å². The minimum absolute atomic E-state index is 0.0288. The molecule has 0 spiro atoms. The maximum atomic E-state index is 13.3. The largest absolute Gasteiger partial charge is 0.534 e. The summed E-state index contributed by atoms with van der Waals surface area (Å²) in [7, 11) is -17.7. The fraction of sp³-hybridized carbons (Fsp3) is 0.278. The molecule has 5 aliphatic heterocycles. The number of aromatic amines is 2. The molecule has 718 valence electrons. The van der Waals surface area contributed by atoms with E-state index in [0.717, 1.165) is 118 Å². The highest BCUT2D eigenvalue weighted by molar-refractivity contribution is 7.99. The maximum Gasteiger partial charge on any atom is 0.534 e. The predicted octanol–water partition coefficient (Wildman–Crippen LogP) is 20.2. The van der Waals surface area contributed by atoms with Crippen molar-refractivity contribution in [2.45, 2.75) is 151 Å². The van der Waals surface area contributed by atoms with Crippen molar-refractivity contribution in [2.75, 3.05) is 31.3 Å². The van der Waals surface area contributed by atoms with Gasteiger partial charge in [-0.05, 0) is 104 Å². The molecule has 27 nitrogen and oxygen atoms in total. The number of hydrogen-bond acceptors (Lipinski definition) is 30. The topological polar surface area (TPSA) is 358 Å². The van der Waals surface area contributed by atoms with E-state index in [1.165, 1.54) is 48.0 Å². The van der Waals surface area contributed by atoms with E-state index in [-0.39, 0.29) is 118 Å². The molecule has 0 aliphatic carbocycles. The number of thioether (sulfide) groups is 5. The molecule has 47 heteroatoms.